The summed E-state index contributed by atoms with van der Waals surface area (Å²) >= 11 is 0. The van der Waals surface area contributed by atoms with Crippen LogP contribution in [0, 0.1) is 13.8 Å². The molecule has 1 atom stereocenters. The van der Waals surface area contributed by atoms with Crippen molar-refractivity contribution in [1.29, 1.82) is 0 Å². The first-order chi connectivity index (χ1) is 12.5. The summed E-state index contributed by atoms with van der Waals surface area (Å²) in [7, 11) is -3.61. The van der Waals surface area contributed by atoms with E-state index in [0.717, 1.165) is 29.8 Å². The molecule has 1 fully saturated rings. The molecule has 0 unspecified atom stereocenters. The summed E-state index contributed by atoms with van der Waals surface area (Å²) < 4.78 is 34.2. The van der Waals surface area contributed by atoms with E-state index in [2.05, 4.69) is 9.62 Å². The van der Waals surface area contributed by atoms with Gasteiger partial charge in [0, 0.05) is 19.6 Å². The molecule has 1 N–H and O–H groups in total. The second-order valence-electron chi connectivity index (χ2n) is 6.74. The first-order valence-corrected chi connectivity index (χ1v) is 10.4. The monoisotopic (exact) mass is 374 g/mol. The second kappa shape index (κ2) is 8.31. The van der Waals surface area contributed by atoms with Crippen LogP contribution in [0.25, 0.3) is 0 Å². The van der Waals surface area contributed by atoms with Gasteiger partial charge in [0.1, 0.15) is 0 Å². The van der Waals surface area contributed by atoms with E-state index in [4.69, 9.17) is 4.74 Å². The highest BCUT2D eigenvalue weighted by Gasteiger charge is 2.24. The highest BCUT2D eigenvalue weighted by molar-refractivity contribution is 7.89. The molecule has 0 amide bonds. The fraction of sp³-hybridized carbons (Fsp3) is 0.400. The smallest absolute Gasteiger partial charge is 0.241 e. The van der Waals surface area contributed by atoms with Crippen molar-refractivity contribution in [3.05, 3.63) is 65.2 Å². The van der Waals surface area contributed by atoms with Crippen LogP contribution in [0.1, 0.15) is 22.7 Å². The maximum atomic E-state index is 13.0. The maximum Gasteiger partial charge on any atom is 0.241 e. The Morgan fingerprint density at radius 3 is 2.38 bits per heavy atom. The molecule has 0 spiro atoms. The minimum absolute atomic E-state index is 0.305. The lowest BCUT2D eigenvalue weighted by Crippen LogP contribution is -2.43. The Bertz CT molecular complexity index is 831. The minimum atomic E-state index is -3.61. The van der Waals surface area contributed by atoms with Gasteiger partial charge in [0.05, 0.1) is 24.2 Å². The van der Waals surface area contributed by atoms with Gasteiger partial charge in [-0.05, 0) is 42.7 Å². The molecule has 0 aromatic heterocycles. The summed E-state index contributed by atoms with van der Waals surface area (Å²) in [6.07, 6.45) is 0. The SMILES string of the molecule is Cc1ccc(S(=O)(=O)N[C@@H](CN2CCOCC2)c2ccccc2)cc1C. The Labute approximate surface area is 156 Å². The van der Waals surface area contributed by atoms with E-state index in [1.807, 2.05) is 50.2 Å². The van der Waals surface area contributed by atoms with Crippen molar-refractivity contribution in [2.75, 3.05) is 32.8 Å². The van der Waals surface area contributed by atoms with Crippen molar-refractivity contribution in [3.63, 3.8) is 0 Å². The van der Waals surface area contributed by atoms with Crippen molar-refractivity contribution in [2.45, 2.75) is 24.8 Å². The van der Waals surface area contributed by atoms with E-state index in [1.165, 1.54) is 0 Å². The number of nitrogens with one attached hydrogen (secondary N) is 1. The van der Waals surface area contributed by atoms with Gasteiger partial charge in [0.25, 0.3) is 0 Å². The number of nitrogens with zero attached hydrogens (tertiary/aromatic N) is 1. The topological polar surface area (TPSA) is 58.6 Å². The van der Waals surface area contributed by atoms with Gasteiger partial charge in [0.2, 0.25) is 10.0 Å². The zero-order valence-electron chi connectivity index (χ0n) is 15.3. The summed E-state index contributed by atoms with van der Waals surface area (Å²) in [5.41, 5.74) is 3.01. The third-order valence-electron chi connectivity index (χ3n) is 4.83. The summed E-state index contributed by atoms with van der Waals surface area (Å²) in [5.74, 6) is 0. The Morgan fingerprint density at radius 1 is 1.04 bits per heavy atom. The van der Waals surface area contributed by atoms with E-state index >= 15 is 0 Å². The Hall–Kier alpha value is -1.73. The molecule has 0 radical (unpaired) electrons. The van der Waals surface area contributed by atoms with Gasteiger partial charge in [-0.15, -0.1) is 0 Å². The van der Waals surface area contributed by atoms with Crippen molar-refractivity contribution in [3.8, 4) is 0 Å². The molecule has 140 valence electrons. The van der Waals surface area contributed by atoms with E-state index in [9.17, 15) is 8.42 Å². The van der Waals surface area contributed by atoms with Crippen LogP contribution < -0.4 is 4.72 Å². The van der Waals surface area contributed by atoms with Crippen LogP contribution in [0.5, 0.6) is 0 Å². The normalized spacial score (nSPS) is 17.2. The van der Waals surface area contributed by atoms with Crippen LogP contribution in [0.15, 0.2) is 53.4 Å². The third kappa shape index (κ3) is 4.71. The lowest BCUT2D eigenvalue weighted by atomic mass is 10.1. The number of rotatable bonds is 6. The molecule has 3 rings (SSSR count). The largest absolute Gasteiger partial charge is 0.379 e. The van der Waals surface area contributed by atoms with Gasteiger partial charge in [-0.1, -0.05) is 36.4 Å². The number of aryl methyl sites for hydroxylation is 2. The van der Waals surface area contributed by atoms with Crippen LogP contribution in [0.4, 0.5) is 0 Å². The molecule has 26 heavy (non-hydrogen) atoms. The van der Waals surface area contributed by atoms with Gasteiger partial charge < -0.3 is 4.74 Å². The molecule has 0 bridgehead atoms. The van der Waals surface area contributed by atoms with Crippen LogP contribution in [-0.4, -0.2) is 46.2 Å². The standard InChI is InChI=1S/C20H26N2O3S/c1-16-8-9-19(14-17(16)2)26(23,24)21-20(18-6-4-3-5-7-18)15-22-10-12-25-13-11-22/h3-9,14,20-21H,10-13,15H2,1-2H3/t20-/m0/s1. The lowest BCUT2D eigenvalue weighted by Gasteiger charge is -2.31. The average Bonchev–Trinajstić information content (AvgIpc) is 2.65. The molecule has 0 aliphatic carbocycles. The summed E-state index contributed by atoms with van der Waals surface area (Å²) in [5, 5.41) is 0. The van der Waals surface area contributed by atoms with E-state index < -0.39 is 10.0 Å². The molecular weight excluding hydrogens is 348 g/mol. The van der Waals surface area contributed by atoms with E-state index in [1.54, 1.807) is 12.1 Å². The van der Waals surface area contributed by atoms with Gasteiger partial charge in [0.15, 0.2) is 0 Å². The molecule has 6 heteroatoms. The number of benzene rings is 2. The van der Waals surface area contributed by atoms with Crippen LogP contribution in [0.3, 0.4) is 0 Å². The first-order valence-electron chi connectivity index (χ1n) is 8.90. The molecule has 5 nitrogen and oxygen atoms in total. The van der Waals surface area contributed by atoms with Gasteiger partial charge >= 0.3 is 0 Å². The number of morpholine rings is 1. The van der Waals surface area contributed by atoms with Crippen molar-refractivity contribution in [1.82, 2.24) is 9.62 Å². The number of ether oxygens (including phenoxy) is 1. The highest BCUT2D eigenvalue weighted by Crippen LogP contribution is 2.21. The number of sulfonamides is 1. The number of hydrogen-bond acceptors (Lipinski definition) is 4. The van der Waals surface area contributed by atoms with E-state index in [-0.39, 0.29) is 6.04 Å². The van der Waals surface area contributed by atoms with Gasteiger partial charge in [-0.2, -0.15) is 0 Å². The molecule has 1 heterocycles. The highest BCUT2D eigenvalue weighted by atomic mass is 32.2. The fourth-order valence-corrected chi connectivity index (χ4v) is 4.37. The minimum Gasteiger partial charge on any atom is -0.379 e. The molecule has 1 saturated heterocycles. The Balaban J connectivity index is 1.85. The molecule has 0 saturated carbocycles. The zero-order chi connectivity index (χ0) is 18.6. The van der Waals surface area contributed by atoms with Gasteiger partial charge in [-0.25, -0.2) is 13.1 Å². The number of hydrogen-bond donors (Lipinski definition) is 1. The molecular formula is C20H26N2O3S. The second-order valence-corrected chi connectivity index (χ2v) is 8.46. The zero-order valence-corrected chi connectivity index (χ0v) is 16.1. The Morgan fingerprint density at radius 2 is 1.73 bits per heavy atom. The average molecular weight is 375 g/mol. The van der Waals surface area contributed by atoms with Crippen molar-refractivity contribution in [2.24, 2.45) is 0 Å². The summed E-state index contributed by atoms with van der Waals surface area (Å²) in [6, 6.07) is 14.7. The van der Waals surface area contributed by atoms with Crippen molar-refractivity contribution < 1.29 is 13.2 Å². The molecule has 2 aromatic rings. The summed E-state index contributed by atoms with van der Waals surface area (Å²) in [4.78, 5) is 2.55. The molecule has 2 aromatic carbocycles. The third-order valence-corrected chi connectivity index (χ3v) is 6.30. The van der Waals surface area contributed by atoms with Crippen LogP contribution in [-0.2, 0) is 14.8 Å². The van der Waals surface area contributed by atoms with E-state index in [0.29, 0.717) is 24.7 Å². The van der Waals surface area contributed by atoms with Crippen LogP contribution in [0.2, 0.25) is 0 Å². The van der Waals surface area contributed by atoms with Crippen molar-refractivity contribution >= 4 is 10.0 Å². The van der Waals surface area contributed by atoms with Crippen LogP contribution >= 0.6 is 0 Å². The predicted octanol–water partition coefficient (Wildman–Crippen LogP) is 2.66. The predicted molar refractivity (Wildman–Crippen MR) is 103 cm³/mol. The lowest BCUT2D eigenvalue weighted by molar-refractivity contribution is 0.0345. The maximum absolute atomic E-state index is 13.0. The Kier molecular flexibility index (Phi) is 6.09. The van der Waals surface area contributed by atoms with Gasteiger partial charge in [-0.3, -0.25) is 4.90 Å². The molecule has 1 aliphatic heterocycles. The fourth-order valence-electron chi connectivity index (χ4n) is 3.07. The quantitative estimate of drug-likeness (QED) is 0.845. The molecule has 1 aliphatic rings. The summed E-state index contributed by atoms with van der Waals surface area (Å²) in [6.45, 7) is 7.53. The first kappa shape index (κ1) is 19.0.